The van der Waals surface area contributed by atoms with Gasteiger partial charge in [-0.15, -0.1) is 0 Å². The molecule has 0 saturated heterocycles. The summed E-state index contributed by atoms with van der Waals surface area (Å²) < 4.78 is 5.60. The first-order valence-electron chi connectivity index (χ1n) is 6.47. The van der Waals surface area contributed by atoms with Crippen LogP contribution in [0.4, 0.5) is 5.82 Å². The molecule has 0 fully saturated rings. The molecule has 0 aliphatic rings. The molecule has 0 bridgehead atoms. The van der Waals surface area contributed by atoms with Crippen molar-refractivity contribution in [3.8, 4) is 5.88 Å². The van der Waals surface area contributed by atoms with E-state index in [9.17, 15) is 0 Å². The molecule has 2 rings (SSSR count). The Morgan fingerprint density at radius 3 is 2.95 bits per heavy atom. The topological polar surface area (TPSA) is 59.9 Å². The average molecular weight is 258 g/mol. The summed E-state index contributed by atoms with van der Waals surface area (Å²) in [4.78, 5) is 12.5. The smallest absolute Gasteiger partial charge is 0.218 e. The number of nitrogens with one attached hydrogen (secondary N) is 1. The van der Waals surface area contributed by atoms with Gasteiger partial charge in [-0.3, -0.25) is 4.98 Å². The SMILES string of the molecule is CCCNc1cc(OCCc2ccccn2)ncn1. The molecule has 19 heavy (non-hydrogen) atoms. The zero-order valence-corrected chi connectivity index (χ0v) is 11.0. The highest BCUT2D eigenvalue weighted by Crippen LogP contribution is 2.11. The van der Waals surface area contributed by atoms with E-state index in [4.69, 9.17) is 4.74 Å². The Balaban J connectivity index is 1.82. The van der Waals surface area contributed by atoms with Gasteiger partial charge in [-0.1, -0.05) is 13.0 Å². The molecule has 2 aromatic heterocycles. The Labute approximate surface area is 113 Å². The van der Waals surface area contributed by atoms with Crippen LogP contribution < -0.4 is 10.1 Å². The number of nitrogens with zero attached hydrogens (tertiary/aromatic N) is 3. The highest BCUT2D eigenvalue weighted by molar-refractivity contribution is 5.36. The van der Waals surface area contributed by atoms with Crippen molar-refractivity contribution < 1.29 is 4.74 Å². The summed E-state index contributed by atoms with van der Waals surface area (Å²) in [6.45, 7) is 3.56. The summed E-state index contributed by atoms with van der Waals surface area (Å²) in [7, 11) is 0. The summed E-state index contributed by atoms with van der Waals surface area (Å²) in [6.07, 6.45) is 5.11. The zero-order chi connectivity index (χ0) is 13.3. The second-order valence-electron chi connectivity index (χ2n) is 4.09. The molecule has 0 aliphatic heterocycles. The minimum Gasteiger partial charge on any atom is -0.477 e. The van der Waals surface area contributed by atoms with Gasteiger partial charge in [-0.05, 0) is 18.6 Å². The molecule has 0 spiro atoms. The lowest BCUT2D eigenvalue weighted by atomic mass is 10.3. The van der Waals surface area contributed by atoms with Gasteiger partial charge in [0.25, 0.3) is 0 Å². The highest BCUT2D eigenvalue weighted by atomic mass is 16.5. The molecule has 2 aromatic rings. The average Bonchev–Trinajstić information content (AvgIpc) is 2.47. The number of aromatic nitrogens is 3. The highest BCUT2D eigenvalue weighted by Gasteiger charge is 2.00. The second-order valence-corrected chi connectivity index (χ2v) is 4.09. The summed E-state index contributed by atoms with van der Waals surface area (Å²) in [5, 5.41) is 3.20. The molecule has 2 heterocycles. The first kappa shape index (κ1) is 13.3. The van der Waals surface area contributed by atoms with Gasteiger partial charge in [0.05, 0.1) is 6.61 Å². The fourth-order valence-corrected chi connectivity index (χ4v) is 1.57. The molecule has 0 unspecified atom stereocenters. The number of pyridine rings is 1. The van der Waals surface area contributed by atoms with Crippen LogP contribution >= 0.6 is 0 Å². The molecular weight excluding hydrogens is 240 g/mol. The maximum absolute atomic E-state index is 5.60. The quantitative estimate of drug-likeness (QED) is 0.825. The van der Waals surface area contributed by atoms with E-state index in [1.165, 1.54) is 6.33 Å². The van der Waals surface area contributed by atoms with E-state index in [2.05, 4.69) is 27.2 Å². The zero-order valence-electron chi connectivity index (χ0n) is 11.0. The molecule has 1 N–H and O–H groups in total. The lowest BCUT2D eigenvalue weighted by molar-refractivity contribution is 0.308. The number of hydrogen-bond acceptors (Lipinski definition) is 5. The van der Waals surface area contributed by atoms with E-state index >= 15 is 0 Å². The Bertz CT molecular complexity index is 490. The molecule has 5 nitrogen and oxygen atoms in total. The monoisotopic (exact) mass is 258 g/mol. The molecule has 0 amide bonds. The molecule has 5 heteroatoms. The first-order valence-corrected chi connectivity index (χ1v) is 6.47. The minimum absolute atomic E-state index is 0.557. The lowest BCUT2D eigenvalue weighted by Gasteiger charge is -2.07. The van der Waals surface area contributed by atoms with Crippen molar-refractivity contribution in [2.45, 2.75) is 19.8 Å². The van der Waals surface area contributed by atoms with Gasteiger partial charge in [-0.25, -0.2) is 9.97 Å². The summed E-state index contributed by atoms with van der Waals surface area (Å²) in [5.74, 6) is 1.38. The molecule has 0 saturated carbocycles. The van der Waals surface area contributed by atoms with Crippen LogP contribution in [0.5, 0.6) is 5.88 Å². The molecule has 100 valence electrons. The van der Waals surface area contributed by atoms with Crippen molar-refractivity contribution in [3.63, 3.8) is 0 Å². The Morgan fingerprint density at radius 1 is 1.21 bits per heavy atom. The van der Waals surface area contributed by atoms with E-state index in [0.29, 0.717) is 12.5 Å². The van der Waals surface area contributed by atoms with Crippen molar-refractivity contribution in [2.75, 3.05) is 18.5 Å². The van der Waals surface area contributed by atoms with Gasteiger partial charge in [-0.2, -0.15) is 0 Å². The first-order chi connectivity index (χ1) is 9.38. The second kappa shape index (κ2) is 7.31. The van der Waals surface area contributed by atoms with Crippen LogP contribution in [-0.4, -0.2) is 28.1 Å². The minimum atomic E-state index is 0.557. The fourth-order valence-electron chi connectivity index (χ4n) is 1.57. The predicted molar refractivity (Wildman–Crippen MR) is 74.2 cm³/mol. The fraction of sp³-hybridized carbons (Fsp3) is 0.357. The number of hydrogen-bond donors (Lipinski definition) is 1. The third kappa shape index (κ3) is 4.54. The van der Waals surface area contributed by atoms with Gasteiger partial charge < -0.3 is 10.1 Å². The lowest BCUT2D eigenvalue weighted by Crippen LogP contribution is -2.06. The van der Waals surface area contributed by atoms with Crippen LogP contribution in [0.15, 0.2) is 36.8 Å². The Hall–Kier alpha value is -2.17. The van der Waals surface area contributed by atoms with Crippen LogP contribution in [-0.2, 0) is 6.42 Å². The van der Waals surface area contributed by atoms with E-state index < -0.39 is 0 Å². The van der Waals surface area contributed by atoms with E-state index in [-0.39, 0.29) is 0 Å². The number of ether oxygens (including phenoxy) is 1. The van der Waals surface area contributed by atoms with Crippen molar-refractivity contribution in [2.24, 2.45) is 0 Å². The van der Waals surface area contributed by atoms with E-state index in [1.807, 2.05) is 24.3 Å². The maximum atomic E-state index is 5.60. The molecule has 0 atom stereocenters. The largest absolute Gasteiger partial charge is 0.477 e. The van der Waals surface area contributed by atoms with Crippen molar-refractivity contribution in [3.05, 3.63) is 42.5 Å². The van der Waals surface area contributed by atoms with Crippen LogP contribution in [0.25, 0.3) is 0 Å². The predicted octanol–water partition coefficient (Wildman–Crippen LogP) is 2.32. The van der Waals surface area contributed by atoms with Crippen molar-refractivity contribution in [1.82, 2.24) is 15.0 Å². The van der Waals surface area contributed by atoms with Crippen LogP contribution in [0.3, 0.4) is 0 Å². The van der Waals surface area contributed by atoms with Gasteiger partial charge in [0.2, 0.25) is 5.88 Å². The molecular formula is C14H18N4O. The molecule has 0 radical (unpaired) electrons. The van der Waals surface area contributed by atoms with Crippen LogP contribution in [0.1, 0.15) is 19.0 Å². The van der Waals surface area contributed by atoms with Gasteiger partial charge in [0.15, 0.2) is 0 Å². The van der Waals surface area contributed by atoms with E-state index in [0.717, 1.165) is 30.9 Å². The van der Waals surface area contributed by atoms with Crippen LogP contribution in [0, 0.1) is 0 Å². The third-order valence-corrected chi connectivity index (χ3v) is 2.53. The van der Waals surface area contributed by atoms with Crippen molar-refractivity contribution >= 4 is 5.82 Å². The molecule has 0 aromatic carbocycles. The summed E-state index contributed by atoms with van der Waals surface area (Å²) in [6, 6.07) is 7.67. The Morgan fingerprint density at radius 2 is 2.16 bits per heavy atom. The van der Waals surface area contributed by atoms with E-state index in [1.54, 1.807) is 6.20 Å². The number of rotatable bonds is 7. The third-order valence-electron chi connectivity index (χ3n) is 2.53. The molecule has 0 aliphatic carbocycles. The van der Waals surface area contributed by atoms with Gasteiger partial charge >= 0.3 is 0 Å². The summed E-state index contributed by atoms with van der Waals surface area (Å²) >= 11 is 0. The van der Waals surface area contributed by atoms with Gasteiger partial charge in [0.1, 0.15) is 12.1 Å². The van der Waals surface area contributed by atoms with Crippen molar-refractivity contribution in [1.29, 1.82) is 0 Å². The summed E-state index contributed by atoms with van der Waals surface area (Å²) in [5.41, 5.74) is 1.01. The van der Waals surface area contributed by atoms with Gasteiger partial charge in [0, 0.05) is 30.9 Å². The van der Waals surface area contributed by atoms with Crippen LogP contribution in [0.2, 0.25) is 0 Å². The standard InChI is InChI=1S/C14H18N4O/c1-2-7-16-13-10-14(18-11-17-13)19-9-6-12-5-3-4-8-15-12/h3-5,8,10-11H,2,6-7,9H2,1H3,(H,16,17,18). The number of anilines is 1. The maximum Gasteiger partial charge on any atom is 0.218 e. The normalized spacial score (nSPS) is 10.2. The Kier molecular flexibility index (Phi) is 5.10.